The van der Waals surface area contributed by atoms with E-state index in [0.717, 1.165) is 49.7 Å². The lowest BCUT2D eigenvalue weighted by molar-refractivity contribution is -0.121. The Morgan fingerprint density at radius 3 is 2.86 bits per heavy atom. The molecule has 1 aliphatic rings. The SMILES string of the molecule is O=C(CCCn1cccn1)NC1CCN(c2nccc(-c3ccccc3)n2)C1. The van der Waals surface area contributed by atoms with Gasteiger partial charge < -0.3 is 10.2 Å². The summed E-state index contributed by atoms with van der Waals surface area (Å²) in [6, 6.07) is 14.0. The summed E-state index contributed by atoms with van der Waals surface area (Å²) in [6.07, 6.45) is 7.66. The van der Waals surface area contributed by atoms with Crippen LogP contribution in [0.15, 0.2) is 61.1 Å². The van der Waals surface area contributed by atoms with E-state index in [9.17, 15) is 4.79 Å². The van der Waals surface area contributed by atoms with Crippen molar-refractivity contribution >= 4 is 11.9 Å². The standard InChI is InChI=1S/C21H24N6O/c28-20(8-4-13-27-14-5-11-23-27)24-18-10-15-26(16-18)21-22-12-9-19(25-21)17-6-2-1-3-7-17/h1-3,5-7,9,11-12,14,18H,4,8,10,13,15-16H2,(H,24,28). The Hall–Kier alpha value is -3.22. The molecular formula is C21H24N6O. The first kappa shape index (κ1) is 18.2. The molecule has 1 unspecified atom stereocenters. The van der Waals surface area contributed by atoms with E-state index in [1.165, 1.54) is 0 Å². The number of nitrogens with zero attached hydrogens (tertiary/aromatic N) is 5. The number of aryl methyl sites for hydroxylation is 1. The highest BCUT2D eigenvalue weighted by atomic mass is 16.1. The second-order valence-corrected chi connectivity index (χ2v) is 6.98. The van der Waals surface area contributed by atoms with Crippen LogP contribution in [0.1, 0.15) is 19.3 Å². The van der Waals surface area contributed by atoms with Crippen LogP contribution in [0.3, 0.4) is 0 Å². The lowest BCUT2D eigenvalue weighted by Crippen LogP contribution is -2.37. The molecule has 1 atom stereocenters. The summed E-state index contributed by atoms with van der Waals surface area (Å²) >= 11 is 0. The molecule has 1 aliphatic heterocycles. The highest BCUT2D eigenvalue weighted by molar-refractivity contribution is 5.76. The molecule has 3 heterocycles. The van der Waals surface area contributed by atoms with Crippen molar-refractivity contribution in [3.05, 3.63) is 61.1 Å². The fourth-order valence-electron chi connectivity index (χ4n) is 3.46. The van der Waals surface area contributed by atoms with E-state index in [4.69, 9.17) is 4.98 Å². The summed E-state index contributed by atoms with van der Waals surface area (Å²) in [5.74, 6) is 0.815. The molecule has 1 aromatic carbocycles. The first-order valence-corrected chi connectivity index (χ1v) is 9.68. The summed E-state index contributed by atoms with van der Waals surface area (Å²) in [5, 5.41) is 7.29. The second kappa shape index (κ2) is 8.65. The Labute approximate surface area is 164 Å². The van der Waals surface area contributed by atoms with E-state index in [1.54, 1.807) is 12.4 Å². The van der Waals surface area contributed by atoms with Crippen LogP contribution in [0.4, 0.5) is 5.95 Å². The van der Waals surface area contributed by atoms with Gasteiger partial charge in [0.2, 0.25) is 11.9 Å². The zero-order valence-electron chi connectivity index (χ0n) is 15.7. The van der Waals surface area contributed by atoms with Crippen LogP contribution >= 0.6 is 0 Å². The van der Waals surface area contributed by atoms with Crippen LogP contribution in [0.5, 0.6) is 0 Å². The normalized spacial score (nSPS) is 16.3. The van der Waals surface area contributed by atoms with Gasteiger partial charge in [0.1, 0.15) is 0 Å². The van der Waals surface area contributed by atoms with E-state index >= 15 is 0 Å². The Morgan fingerprint density at radius 1 is 1.14 bits per heavy atom. The van der Waals surface area contributed by atoms with Crippen molar-refractivity contribution in [2.75, 3.05) is 18.0 Å². The number of anilines is 1. The third-order valence-electron chi connectivity index (χ3n) is 4.90. The number of nitrogens with one attached hydrogen (secondary N) is 1. The van der Waals surface area contributed by atoms with Crippen molar-refractivity contribution in [1.29, 1.82) is 0 Å². The van der Waals surface area contributed by atoms with Crippen molar-refractivity contribution in [2.45, 2.75) is 31.8 Å². The molecule has 1 amide bonds. The molecule has 0 aliphatic carbocycles. The van der Waals surface area contributed by atoms with Gasteiger partial charge in [0.15, 0.2) is 0 Å². The van der Waals surface area contributed by atoms with Crippen molar-refractivity contribution in [3.63, 3.8) is 0 Å². The Morgan fingerprint density at radius 2 is 2.04 bits per heavy atom. The van der Waals surface area contributed by atoms with Gasteiger partial charge in [-0.1, -0.05) is 30.3 Å². The smallest absolute Gasteiger partial charge is 0.225 e. The summed E-state index contributed by atoms with van der Waals surface area (Å²) in [4.78, 5) is 23.5. The third-order valence-corrected chi connectivity index (χ3v) is 4.90. The lowest BCUT2D eigenvalue weighted by atomic mass is 10.1. The highest BCUT2D eigenvalue weighted by Gasteiger charge is 2.25. The molecule has 0 radical (unpaired) electrons. The summed E-state index contributed by atoms with van der Waals surface area (Å²) in [5.41, 5.74) is 1.99. The number of amides is 1. The van der Waals surface area contributed by atoms with E-state index in [0.29, 0.717) is 6.42 Å². The van der Waals surface area contributed by atoms with Crippen LogP contribution < -0.4 is 10.2 Å². The lowest BCUT2D eigenvalue weighted by Gasteiger charge is -2.17. The van der Waals surface area contributed by atoms with Gasteiger partial charge in [0.25, 0.3) is 0 Å². The molecule has 144 valence electrons. The van der Waals surface area contributed by atoms with Gasteiger partial charge in [0, 0.05) is 56.3 Å². The van der Waals surface area contributed by atoms with Gasteiger partial charge in [-0.15, -0.1) is 0 Å². The Kier molecular flexibility index (Phi) is 5.61. The van der Waals surface area contributed by atoms with Gasteiger partial charge in [-0.2, -0.15) is 5.10 Å². The van der Waals surface area contributed by atoms with Gasteiger partial charge in [-0.05, 0) is 25.0 Å². The largest absolute Gasteiger partial charge is 0.352 e. The number of hydrogen-bond donors (Lipinski definition) is 1. The summed E-state index contributed by atoms with van der Waals surface area (Å²) in [6.45, 7) is 2.34. The molecule has 7 heteroatoms. The Bertz CT molecular complexity index is 896. The molecule has 0 spiro atoms. The molecule has 0 bridgehead atoms. The first-order chi connectivity index (χ1) is 13.8. The molecule has 28 heavy (non-hydrogen) atoms. The monoisotopic (exact) mass is 376 g/mol. The fraction of sp³-hybridized carbons (Fsp3) is 0.333. The summed E-state index contributed by atoms with van der Waals surface area (Å²) in [7, 11) is 0. The van der Waals surface area contributed by atoms with E-state index in [2.05, 4.69) is 20.3 Å². The quantitative estimate of drug-likeness (QED) is 0.686. The van der Waals surface area contributed by atoms with Crippen LogP contribution in [0.25, 0.3) is 11.3 Å². The van der Waals surface area contributed by atoms with E-state index in [-0.39, 0.29) is 11.9 Å². The molecule has 2 aromatic heterocycles. The van der Waals surface area contributed by atoms with Gasteiger partial charge in [0.05, 0.1) is 5.69 Å². The minimum Gasteiger partial charge on any atom is -0.352 e. The molecule has 0 saturated carbocycles. The van der Waals surface area contributed by atoms with Gasteiger partial charge in [-0.3, -0.25) is 9.48 Å². The molecular weight excluding hydrogens is 352 g/mol. The summed E-state index contributed by atoms with van der Waals surface area (Å²) < 4.78 is 1.85. The van der Waals surface area contributed by atoms with Crippen molar-refractivity contribution in [3.8, 4) is 11.3 Å². The van der Waals surface area contributed by atoms with E-state index in [1.807, 2.05) is 53.3 Å². The second-order valence-electron chi connectivity index (χ2n) is 6.98. The van der Waals surface area contributed by atoms with Crippen molar-refractivity contribution in [1.82, 2.24) is 25.1 Å². The molecule has 4 rings (SSSR count). The number of carbonyl (C=O) groups excluding carboxylic acids is 1. The molecule has 7 nitrogen and oxygen atoms in total. The van der Waals surface area contributed by atoms with Crippen molar-refractivity contribution < 1.29 is 4.79 Å². The minimum absolute atomic E-state index is 0.0953. The van der Waals surface area contributed by atoms with Crippen molar-refractivity contribution in [2.24, 2.45) is 0 Å². The fourth-order valence-corrected chi connectivity index (χ4v) is 3.46. The molecule has 1 fully saturated rings. The zero-order valence-corrected chi connectivity index (χ0v) is 15.7. The van der Waals surface area contributed by atoms with E-state index < -0.39 is 0 Å². The van der Waals surface area contributed by atoms with Gasteiger partial charge >= 0.3 is 0 Å². The predicted molar refractivity (Wildman–Crippen MR) is 108 cm³/mol. The van der Waals surface area contributed by atoms with Crippen LogP contribution in [0, 0.1) is 0 Å². The van der Waals surface area contributed by atoms with Crippen LogP contribution in [0.2, 0.25) is 0 Å². The zero-order chi connectivity index (χ0) is 19.2. The molecule has 1 N–H and O–H groups in total. The van der Waals surface area contributed by atoms with Crippen LogP contribution in [-0.4, -0.2) is 44.8 Å². The topological polar surface area (TPSA) is 75.9 Å². The number of rotatable bonds is 7. The third kappa shape index (κ3) is 4.54. The predicted octanol–water partition coefficient (Wildman–Crippen LogP) is 2.52. The first-order valence-electron chi connectivity index (χ1n) is 9.68. The molecule has 3 aromatic rings. The molecule has 1 saturated heterocycles. The number of benzene rings is 1. The minimum atomic E-state index is 0.0953. The maximum absolute atomic E-state index is 12.2. The number of carbonyl (C=O) groups is 1. The highest BCUT2D eigenvalue weighted by Crippen LogP contribution is 2.21. The average molecular weight is 376 g/mol. The van der Waals surface area contributed by atoms with Gasteiger partial charge in [-0.25, -0.2) is 9.97 Å². The average Bonchev–Trinajstić information content (AvgIpc) is 3.41. The maximum atomic E-state index is 12.2. The number of aromatic nitrogens is 4. The number of hydrogen-bond acceptors (Lipinski definition) is 5. The van der Waals surface area contributed by atoms with Crippen LogP contribution in [-0.2, 0) is 11.3 Å². The maximum Gasteiger partial charge on any atom is 0.225 e. The Balaban J connectivity index is 1.29.